The standard InChI is InChI=1S/C12H14O2S/c1-9-4-3-5-11(6-9)8-15-7-10(2)12(13)14/h3-6H,2,7-8H2,1H3,(H,13,14). The van der Waals surface area contributed by atoms with Gasteiger partial charge in [-0.2, -0.15) is 11.8 Å². The van der Waals surface area contributed by atoms with Crippen LogP contribution in [-0.4, -0.2) is 16.8 Å². The van der Waals surface area contributed by atoms with E-state index in [1.165, 1.54) is 11.1 Å². The molecule has 0 aromatic heterocycles. The lowest BCUT2D eigenvalue weighted by Crippen LogP contribution is -2.01. The van der Waals surface area contributed by atoms with Crippen molar-refractivity contribution in [2.45, 2.75) is 12.7 Å². The molecule has 1 aromatic rings. The number of hydrogen-bond acceptors (Lipinski definition) is 2. The second kappa shape index (κ2) is 5.61. The van der Waals surface area contributed by atoms with Gasteiger partial charge in [-0.1, -0.05) is 36.4 Å². The summed E-state index contributed by atoms with van der Waals surface area (Å²) in [5, 5.41) is 8.61. The number of carboxylic acids is 1. The Morgan fingerprint density at radius 1 is 1.53 bits per heavy atom. The number of carbonyl (C=O) groups is 1. The fraction of sp³-hybridized carbons (Fsp3) is 0.250. The van der Waals surface area contributed by atoms with Crippen molar-refractivity contribution in [3.8, 4) is 0 Å². The second-order valence-corrected chi connectivity index (χ2v) is 4.38. The van der Waals surface area contributed by atoms with Crippen LogP contribution in [0.25, 0.3) is 0 Å². The van der Waals surface area contributed by atoms with Crippen LogP contribution in [0.1, 0.15) is 11.1 Å². The average Bonchev–Trinajstić information content (AvgIpc) is 2.17. The van der Waals surface area contributed by atoms with Crippen molar-refractivity contribution in [3.63, 3.8) is 0 Å². The minimum absolute atomic E-state index is 0.257. The summed E-state index contributed by atoms with van der Waals surface area (Å²) in [6.07, 6.45) is 0. The lowest BCUT2D eigenvalue weighted by molar-refractivity contribution is -0.132. The first-order valence-corrected chi connectivity index (χ1v) is 5.79. The topological polar surface area (TPSA) is 37.3 Å². The van der Waals surface area contributed by atoms with E-state index in [4.69, 9.17) is 5.11 Å². The van der Waals surface area contributed by atoms with E-state index in [1.54, 1.807) is 11.8 Å². The van der Waals surface area contributed by atoms with Crippen LogP contribution in [-0.2, 0) is 10.5 Å². The second-order valence-electron chi connectivity index (χ2n) is 3.39. The molecule has 0 radical (unpaired) electrons. The monoisotopic (exact) mass is 222 g/mol. The van der Waals surface area contributed by atoms with Crippen molar-refractivity contribution in [3.05, 3.63) is 47.5 Å². The minimum Gasteiger partial charge on any atom is -0.478 e. The van der Waals surface area contributed by atoms with Gasteiger partial charge in [0.1, 0.15) is 0 Å². The maximum atomic E-state index is 10.5. The van der Waals surface area contributed by atoms with Gasteiger partial charge in [-0.25, -0.2) is 4.79 Å². The minimum atomic E-state index is -0.910. The summed E-state index contributed by atoms with van der Waals surface area (Å²) in [5.41, 5.74) is 2.70. The molecule has 1 aromatic carbocycles. The Morgan fingerprint density at radius 3 is 2.87 bits per heavy atom. The highest BCUT2D eigenvalue weighted by Crippen LogP contribution is 2.15. The number of aryl methyl sites for hydroxylation is 1. The summed E-state index contributed by atoms with van der Waals surface area (Å²) >= 11 is 1.57. The molecule has 0 heterocycles. The van der Waals surface area contributed by atoms with Crippen molar-refractivity contribution < 1.29 is 9.90 Å². The van der Waals surface area contributed by atoms with Gasteiger partial charge in [-0.15, -0.1) is 0 Å². The number of benzene rings is 1. The molecule has 2 nitrogen and oxygen atoms in total. The van der Waals surface area contributed by atoms with Gasteiger partial charge in [0.2, 0.25) is 0 Å². The fourth-order valence-electron chi connectivity index (χ4n) is 1.16. The van der Waals surface area contributed by atoms with Crippen LogP contribution >= 0.6 is 11.8 Å². The molecule has 1 rings (SSSR count). The van der Waals surface area contributed by atoms with Gasteiger partial charge in [-0.05, 0) is 12.5 Å². The Labute approximate surface area is 94.0 Å². The molecule has 15 heavy (non-hydrogen) atoms. The van der Waals surface area contributed by atoms with Crippen LogP contribution < -0.4 is 0 Å². The van der Waals surface area contributed by atoms with Crippen molar-refractivity contribution in [2.75, 3.05) is 5.75 Å². The molecule has 0 aliphatic carbocycles. The van der Waals surface area contributed by atoms with Gasteiger partial charge in [-0.3, -0.25) is 0 Å². The summed E-state index contributed by atoms with van der Waals surface area (Å²) in [4.78, 5) is 10.5. The number of carboxylic acid groups (broad SMARTS) is 1. The Kier molecular flexibility index (Phi) is 4.43. The number of hydrogen-bond donors (Lipinski definition) is 1. The normalized spacial score (nSPS) is 9.93. The van der Waals surface area contributed by atoms with Gasteiger partial charge in [0.15, 0.2) is 0 Å². The molecule has 80 valence electrons. The van der Waals surface area contributed by atoms with Crippen LogP contribution in [0.15, 0.2) is 36.4 Å². The molecule has 0 bridgehead atoms. The molecule has 0 saturated heterocycles. The van der Waals surface area contributed by atoms with Crippen molar-refractivity contribution >= 4 is 17.7 Å². The molecule has 1 N–H and O–H groups in total. The molecule has 0 unspecified atom stereocenters. The third-order valence-electron chi connectivity index (χ3n) is 1.93. The average molecular weight is 222 g/mol. The van der Waals surface area contributed by atoms with Crippen molar-refractivity contribution in [1.82, 2.24) is 0 Å². The first kappa shape index (κ1) is 11.9. The van der Waals surface area contributed by atoms with Crippen LogP contribution in [0, 0.1) is 6.92 Å². The maximum Gasteiger partial charge on any atom is 0.331 e. The largest absolute Gasteiger partial charge is 0.478 e. The predicted molar refractivity (Wildman–Crippen MR) is 64.1 cm³/mol. The molecule has 0 spiro atoms. The highest BCUT2D eigenvalue weighted by Gasteiger charge is 2.03. The zero-order valence-electron chi connectivity index (χ0n) is 8.69. The summed E-state index contributed by atoms with van der Waals surface area (Å²) in [6.45, 7) is 5.53. The van der Waals surface area contributed by atoms with E-state index in [0.717, 1.165) is 5.75 Å². The molecule has 0 fully saturated rings. The lowest BCUT2D eigenvalue weighted by Gasteiger charge is -2.02. The third kappa shape index (κ3) is 4.21. The van der Waals surface area contributed by atoms with E-state index in [9.17, 15) is 4.79 Å². The molecule has 0 aliphatic rings. The van der Waals surface area contributed by atoms with Gasteiger partial charge in [0.25, 0.3) is 0 Å². The summed E-state index contributed by atoms with van der Waals surface area (Å²) in [5.74, 6) is 0.392. The molecule has 0 saturated carbocycles. The molecular formula is C12H14O2S. The SMILES string of the molecule is C=C(CSCc1cccc(C)c1)C(=O)O. The van der Waals surface area contributed by atoms with Gasteiger partial charge in [0, 0.05) is 17.1 Å². The third-order valence-corrected chi connectivity index (χ3v) is 3.02. The Hall–Kier alpha value is -1.22. The quantitative estimate of drug-likeness (QED) is 0.778. The van der Waals surface area contributed by atoms with Gasteiger partial charge < -0.3 is 5.11 Å². The van der Waals surface area contributed by atoms with E-state index in [0.29, 0.717) is 5.75 Å². The summed E-state index contributed by atoms with van der Waals surface area (Å²) < 4.78 is 0. The highest BCUT2D eigenvalue weighted by molar-refractivity contribution is 7.98. The Morgan fingerprint density at radius 2 is 2.27 bits per heavy atom. The van der Waals surface area contributed by atoms with Crippen LogP contribution in [0.3, 0.4) is 0 Å². The zero-order chi connectivity index (χ0) is 11.3. The van der Waals surface area contributed by atoms with Crippen molar-refractivity contribution in [2.24, 2.45) is 0 Å². The van der Waals surface area contributed by atoms with Gasteiger partial charge in [0.05, 0.1) is 0 Å². The number of aliphatic carboxylic acids is 1. The molecule has 0 atom stereocenters. The highest BCUT2D eigenvalue weighted by atomic mass is 32.2. The number of thioether (sulfide) groups is 1. The van der Waals surface area contributed by atoms with E-state index in [-0.39, 0.29) is 5.57 Å². The fourth-order valence-corrected chi connectivity index (χ4v) is 2.04. The van der Waals surface area contributed by atoms with E-state index in [1.807, 2.05) is 25.1 Å². The van der Waals surface area contributed by atoms with E-state index in [2.05, 4.69) is 12.6 Å². The first-order valence-electron chi connectivity index (χ1n) is 4.64. The summed E-state index contributed by atoms with van der Waals surface area (Å²) in [6, 6.07) is 8.21. The zero-order valence-corrected chi connectivity index (χ0v) is 9.51. The molecule has 0 amide bonds. The van der Waals surface area contributed by atoms with Gasteiger partial charge >= 0.3 is 5.97 Å². The lowest BCUT2D eigenvalue weighted by atomic mass is 10.2. The van der Waals surface area contributed by atoms with E-state index < -0.39 is 5.97 Å². The first-order chi connectivity index (χ1) is 7.09. The van der Waals surface area contributed by atoms with Crippen LogP contribution in [0.2, 0.25) is 0 Å². The van der Waals surface area contributed by atoms with Crippen LogP contribution in [0.4, 0.5) is 0 Å². The predicted octanol–water partition coefficient (Wildman–Crippen LogP) is 2.87. The Balaban J connectivity index is 2.38. The number of rotatable bonds is 5. The smallest absolute Gasteiger partial charge is 0.331 e. The molecular weight excluding hydrogens is 208 g/mol. The summed E-state index contributed by atoms with van der Waals surface area (Å²) in [7, 11) is 0. The van der Waals surface area contributed by atoms with Crippen molar-refractivity contribution in [1.29, 1.82) is 0 Å². The molecule has 3 heteroatoms. The molecule has 0 aliphatic heterocycles. The van der Waals surface area contributed by atoms with E-state index >= 15 is 0 Å². The maximum absolute atomic E-state index is 10.5. The van der Waals surface area contributed by atoms with Crippen LogP contribution in [0.5, 0.6) is 0 Å². The Bertz CT molecular complexity index is 372.